The van der Waals surface area contributed by atoms with Crippen LogP contribution in [0.15, 0.2) is 36.5 Å². The quantitative estimate of drug-likeness (QED) is 0.542. The van der Waals surface area contributed by atoms with Crippen molar-refractivity contribution in [3.63, 3.8) is 0 Å². The number of hydrogen-bond acceptors (Lipinski definition) is 6. The Bertz CT molecular complexity index is 1140. The summed E-state index contributed by atoms with van der Waals surface area (Å²) in [5.41, 5.74) is -0.0519. The van der Waals surface area contributed by atoms with E-state index in [1.165, 1.54) is 19.2 Å². The van der Waals surface area contributed by atoms with Crippen LogP contribution in [-0.2, 0) is 12.6 Å². The summed E-state index contributed by atoms with van der Waals surface area (Å²) in [6.07, 6.45) is -0.999. The standard InChI is InChI=1S/C23H25F3N4O3/c1-33-21-13-19-16(14-30(28-19)17-5-7-29(8-6-17)9-10-31)11-15(21)12-20(32)18-3-2-4-22(27-18)23(24,25)26/h2-4,11,13-14,17,31H,5-10,12H2,1H3. The van der Waals surface area contributed by atoms with E-state index in [2.05, 4.69) is 15.0 Å². The van der Waals surface area contributed by atoms with Gasteiger partial charge >= 0.3 is 6.18 Å². The Morgan fingerprint density at radius 3 is 2.67 bits per heavy atom. The molecule has 1 aliphatic rings. The van der Waals surface area contributed by atoms with Gasteiger partial charge in [-0.2, -0.15) is 18.3 Å². The second kappa shape index (κ2) is 9.48. The van der Waals surface area contributed by atoms with Crippen LogP contribution in [0.2, 0.25) is 0 Å². The van der Waals surface area contributed by atoms with Crippen molar-refractivity contribution in [1.29, 1.82) is 0 Å². The molecule has 3 heterocycles. The summed E-state index contributed by atoms with van der Waals surface area (Å²) in [6.45, 7) is 2.58. The molecule has 3 aromatic rings. The third-order valence-electron chi connectivity index (χ3n) is 5.95. The van der Waals surface area contributed by atoms with Crippen molar-refractivity contribution in [2.45, 2.75) is 31.5 Å². The minimum Gasteiger partial charge on any atom is -0.496 e. The van der Waals surface area contributed by atoms with Crippen molar-refractivity contribution in [2.75, 3.05) is 33.4 Å². The molecule has 1 fully saturated rings. The number of likely N-dealkylation sites (tertiary alicyclic amines) is 1. The smallest absolute Gasteiger partial charge is 0.433 e. The largest absolute Gasteiger partial charge is 0.496 e. The van der Waals surface area contributed by atoms with Crippen LogP contribution in [0.25, 0.3) is 10.9 Å². The fourth-order valence-electron chi connectivity index (χ4n) is 4.19. The molecule has 0 saturated carbocycles. The predicted molar refractivity (Wildman–Crippen MR) is 115 cm³/mol. The van der Waals surface area contributed by atoms with Gasteiger partial charge in [-0.05, 0) is 31.0 Å². The molecule has 1 aliphatic heterocycles. The molecule has 1 saturated heterocycles. The molecule has 0 spiro atoms. The number of rotatable bonds is 7. The number of piperidine rings is 1. The first kappa shape index (κ1) is 23.2. The molecule has 0 radical (unpaired) electrons. The van der Waals surface area contributed by atoms with Crippen LogP contribution in [0, 0.1) is 0 Å². The van der Waals surface area contributed by atoms with E-state index < -0.39 is 17.7 Å². The van der Waals surface area contributed by atoms with Crippen molar-refractivity contribution >= 4 is 16.7 Å². The molecule has 0 aliphatic carbocycles. The van der Waals surface area contributed by atoms with Crippen molar-refractivity contribution in [2.24, 2.45) is 0 Å². The Morgan fingerprint density at radius 2 is 2.00 bits per heavy atom. The highest BCUT2D eigenvalue weighted by molar-refractivity contribution is 5.97. The molecule has 0 unspecified atom stereocenters. The highest BCUT2D eigenvalue weighted by Crippen LogP contribution is 2.30. The lowest BCUT2D eigenvalue weighted by atomic mass is 10.0. The number of aromatic nitrogens is 3. The van der Waals surface area contributed by atoms with Gasteiger partial charge in [0.1, 0.15) is 17.1 Å². The fourth-order valence-corrected chi connectivity index (χ4v) is 4.19. The van der Waals surface area contributed by atoms with Crippen LogP contribution in [0.5, 0.6) is 5.75 Å². The second-order valence-electron chi connectivity index (χ2n) is 8.13. The molecule has 1 N–H and O–H groups in total. The van der Waals surface area contributed by atoms with Gasteiger partial charge in [-0.25, -0.2) is 4.98 Å². The molecule has 10 heteroatoms. The van der Waals surface area contributed by atoms with Crippen LogP contribution < -0.4 is 4.74 Å². The first-order chi connectivity index (χ1) is 15.8. The molecule has 176 valence electrons. The average Bonchev–Trinajstić information content (AvgIpc) is 3.21. The number of ether oxygens (including phenoxy) is 1. The molecule has 2 aromatic heterocycles. The van der Waals surface area contributed by atoms with Crippen LogP contribution >= 0.6 is 0 Å². The molecule has 0 bridgehead atoms. The van der Waals surface area contributed by atoms with Gasteiger partial charge < -0.3 is 14.7 Å². The average molecular weight is 462 g/mol. The number of benzene rings is 1. The predicted octanol–water partition coefficient (Wildman–Crippen LogP) is 3.51. The zero-order valence-corrected chi connectivity index (χ0v) is 18.2. The molecule has 4 rings (SSSR count). The second-order valence-corrected chi connectivity index (χ2v) is 8.13. The Kier molecular flexibility index (Phi) is 6.66. The highest BCUT2D eigenvalue weighted by Gasteiger charge is 2.33. The number of halogens is 3. The number of β-amino-alcohol motifs (C(OH)–C–C–N with tert-alkyl or cyclic N) is 1. The summed E-state index contributed by atoms with van der Waals surface area (Å²) in [6, 6.07) is 7.08. The minimum atomic E-state index is -4.62. The number of aliphatic hydroxyl groups is 1. The van der Waals surface area contributed by atoms with E-state index in [0.29, 0.717) is 17.9 Å². The van der Waals surface area contributed by atoms with Gasteiger partial charge in [-0.3, -0.25) is 9.48 Å². The maximum Gasteiger partial charge on any atom is 0.433 e. The summed E-state index contributed by atoms with van der Waals surface area (Å²) >= 11 is 0. The van der Waals surface area contributed by atoms with Crippen molar-refractivity contribution in [3.8, 4) is 5.75 Å². The van der Waals surface area contributed by atoms with E-state index >= 15 is 0 Å². The first-order valence-electron chi connectivity index (χ1n) is 10.7. The molecular formula is C23H25F3N4O3. The number of carbonyl (C=O) groups excluding carboxylic acids is 1. The van der Waals surface area contributed by atoms with Gasteiger partial charge in [0, 0.05) is 49.3 Å². The van der Waals surface area contributed by atoms with Gasteiger partial charge in [0.05, 0.1) is 25.3 Å². The van der Waals surface area contributed by atoms with Crippen molar-refractivity contribution in [1.82, 2.24) is 19.7 Å². The molecule has 0 atom stereocenters. The van der Waals surface area contributed by atoms with Gasteiger partial charge in [0.2, 0.25) is 0 Å². The lowest BCUT2D eigenvalue weighted by molar-refractivity contribution is -0.141. The molecular weight excluding hydrogens is 437 g/mol. The van der Waals surface area contributed by atoms with E-state index in [1.54, 1.807) is 12.1 Å². The zero-order valence-electron chi connectivity index (χ0n) is 18.2. The summed E-state index contributed by atoms with van der Waals surface area (Å²) in [4.78, 5) is 18.4. The summed E-state index contributed by atoms with van der Waals surface area (Å²) < 4.78 is 46.2. The summed E-state index contributed by atoms with van der Waals surface area (Å²) in [7, 11) is 1.48. The Balaban J connectivity index is 1.55. The van der Waals surface area contributed by atoms with Crippen molar-refractivity contribution in [3.05, 3.63) is 53.5 Å². The lowest BCUT2D eigenvalue weighted by Gasteiger charge is -2.31. The minimum absolute atomic E-state index is 0.141. The van der Waals surface area contributed by atoms with Crippen LogP contribution in [0.1, 0.15) is 40.6 Å². The zero-order chi connectivity index (χ0) is 23.6. The van der Waals surface area contributed by atoms with E-state index in [0.717, 1.165) is 42.9 Å². The van der Waals surface area contributed by atoms with Crippen molar-refractivity contribution < 1.29 is 27.8 Å². The van der Waals surface area contributed by atoms with Gasteiger partial charge in [-0.15, -0.1) is 0 Å². The maximum atomic E-state index is 13.0. The SMILES string of the molecule is COc1cc2nn(C3CCN(CCO)CC3)cc2cc1CC(=O)c1cccc(C(F)(F)F)n1. The number of alkyl halides is 3. The lowest BCUT2D eigenvalue weighted by Crippen LogP contribution is -2.36. The number of Topliss-reactive ketones (excluding diaryl/α,β-unsaturated/α-hetero) is 1. The Morgan fingerprint density at radius 1 is 1.24 bits per heavy atom. The van der Waals surface area contributed by atoms with Gasteiger partial charge in [0.25, 0.3) is 0 Å². The van der Waals surface area contributed by atoms with Crippen LogP contribution in [0.4, 0.5) is 13.2 Å². The summed E-state index contributed by atoms with van der Waals surface area (Å²) in [5.74, 6) is -0.0757. The Labute approximate surface area is 188 Å². The number of ketones is 1. The maximum absolute atomic E-state index is 13.0. The third-order valence-corrected chi connectivity index (χ3v) is 5.95. The van der Waals surface area contributed by atoms with E-state index in [1.807, 2.05) is 10.9 Å². The number of hydrogen-bond donors (Lipinski definition) is 1. The molecule has 0 amide bonds. The van der Waals surface area contributed by atoms with Gasteiger partial charge in [-0.1, -0.05) is 6.07 Å². The van der Waals surface area contributed by atoms with E-state index in [4.69, 9.17) is 9.84 Å². The molecule has 33 heavy (non-hydrogen) atoms. The monoisotopic (exact) mass is 462 g/mol. The number of methoxy groups -OCH3 is 1. The van der Waals surface area contributed by atoms with Gasteiger partial charge in [0.15, 0.2) is 5.78 Å². The highest BCUT2D eigenvalue weighted by atomic mass is 19.4. The van der Waals surface area contributed by atoms with E-state index in [9.17, 15) is 18.0 Å². The fraction of sp³-hybridized carbons (Fsp3) is 0.435. The summed E-state index contributed by atoms with van der Waals surface area (Å²) in [5, 5.41) is 14.6. The van der Waals surface area contributed by atoms with E-state index in [-0.39, 0.29) is 24.8 Å². The number of aliphatic hydroxyl groups excluding tert-OH is 1. The van der Waals surface area contributed by atoms with Crippen LogP contribution in [-0.4, -0.2) is 63.9 Å². The first-order valence-corrected chi connectivity index (χ1v) is 10.7. The topological polar surface area (TPSA) is 80.5 Å². The number of nitrogens with zero attached hydrogens (tertiary/aromatic N) is 4. The number of carbonyl (C=O) groups is 1. The normalized spacial score (nSPS) is 15.8. The number of fused-ring (bicyclic) bond motifs is 1. The number of pyridine rings is 1. The molecule has 1 aromatic carbocycles. The Hall–Kier alpha value is -2.98. The molecule has 7 nitrogen and oxygen atoms in total. The van der Waals surface area contributed by atoms with Crippen LogP contribution in [0.3, 0.4) is 0 Å². The third kappa shape index (κ3) is 5.17.